The maximum Gasteiger partial charge on any atom is 0.327 e. The van der Waals surface area contributed by atoms with Gasteiger partial charge in [0, 0.05) is 19.2 Å². The molecule has 4 rings (SSSR count). The molecule has 30 heavy (non-hydrogen) atoms. The fourth-order valence-corrected chi connectivity index (χ4v) is 4.11. The van der Waals surface area contributed by atoms with Gasteiger partial charge in [-0.1, -0.05) is 18.2 Å². The molecular weight excluding hydrogens is 453 g/mol. The van der Waals surface area contributed by atoms with E-state index in [1.165, 1.54) is 30.9 Å². The Morgan fingerprint density at radius 1 is 1.27 bits per heavy atom. The SMILES string of the molecule is CN1C(=O)CN(Cc2ccc(-c3ccc(NCC4CC4)c(N=N)c3Br)cc2F)C1=O. The van der Waals surface area contributed by atoms with E-state index in [1.807, 2.05) is 12.1 Å². The smallest absolute Gasteiger partial charge is 0.327 e. The van der Waals surface area contributed by atoms with E-state index in [9.17, 15) is 14.0 Å². The molecule has 9 heteroatoms. The van der Waals surface area contributed by atoms with Crippen LogP contribution in [0.15, 0.2) is 39.9 Å². The van der Waals surface area contributed by atoms with Gasteiger partial charge < -0.3 is 10.2 Å². The van der Waals surface area contributed by atoms with Crippen molar-refractivity contribution in [2.24, 2.45) is 11.0 Å². The number of anilines is 1. The zero-order valence-electron chi connectivity index (χ0n) is 16.4. The van der Waals surface area contributed by atoms with Gasteiger partial charge >= 0.3 is 6.03 Å². The first-order chi connectivity index (χ1) is 14.4. The largest absolute Gasteiger partial charge is 0.383 e. The lowest BCUT2D eigenvalue weighted by Crippen LogP contribution is -2.29. The highest BCUT2D eigenvalue weighted by Gasteiger charge is 2.33. The highest BCUT2D eigenvalue weighted by molar-refractivity contribution is 9.10. The summed E-state index contributed by atoms with van der Waals surface area (Å²) >= 11 is 3.51. The summed E-state index contributed by atoms with van der Waals surface area (Å²) in [5.74, 6) is -0.0845. The van der Waals surface area contributed by atoms with Crippen molar-refractivity contribution in [3.8, 4) is 11.1 Å². The topological polar surface area (TPSA) is 88.9 Å². The number of urea groups is 1. The summed E-state index contributed by atoms with van der Waals surface area (Å²) in [5.41, 5.74) is 10.5. The van der Waals surface area contributed by atoms with Crippen molar-refractivity contribution in [1.29, 1.82) is 5.53 Å². The molecular formula is C21H21BrFN5O2. The van der Waals surface area contributed by atoms with Crippen LogP contribution < -0.4 is 5.32 Å². The number of nitrogens with one attached hydrogen (secondary N) is 2. The van der Waals surface area contributed by atoms with Gasteiger partial charge in [-0.05, 0) is 57.9 Å². The van der Waals surface area contributed by atoms with Gasteiger partial charge in [0.05, 0.1) is 16.7 Å². The van der Waals surface area contributed by atoms with E-state index in [-0.39, 0.29) is 19.0 Å². The highest BCUT2D eigenvalue weighted by Crippen LogP contribution is 2.42. The number of nitrogens with zero attached hydrogens (tertiary/aromatic N) is 3. The number of amides is 3. The Hall–Kier alpha value is -2.81. The van der Waals surface area contributed by atoms with Crippen LogP contribution in [-0.2, 0) is 11.3 Å². The van der Waals surface area contributed by atoms with Crippen molar-refractivity contribution in [1.82, 2.24) is 9.80 Å². The lowest BCUT2D eigenvalue weighted by atomic mass is 10.0. The molecule has 3 amide bonds. The molecule has 0 aromatic heterocycles. The third-order valence-electron chi connectivity index (χ3n) is 5.49. The Kier molecular flexibility index (Phi) is 5.55. The molecule has 1 saturated carbocycles. The molecule has 0 spiro atoms. The van der Waals surface area contributed by atoms with Crippen LogP contribution in [-0.4, -0.2) is 41.9 Å². The number of rotatable bonds is 7. The summed E-state index contributed by atoms with van der Waals surface area (Å²) in [7, 11) is 1.42. The van der Waals surface area contributed by atoms with Crippen LogP contribution in [0.5, 0.6) is 0 Å². The maximum atomic E-state index is 14.8. The minimum Gasteiger partial charge on any atom is -0.383 e. The van der Waals surface area contributed by atoms with Crippen molar-refractivity contribution in [3.63, 3.8) is 0 Å². The summed E-state index contributed by atoms with van der Waals surface area (Å²) in [6, 6.07) is 8.06. The van der Waals surface area contributed by atoms with Crippen LogP contribution in [0.3, 0.4) is 0 Å². The van der Waals surface area contributed by atoms with E-state index < -0.39 is 11.8 Å². The lowest BCUT2D eigenvalue weighted by molar-refractivity contribution is -0.124. The van der Waals surface area contributed by atoms with Gasteiger partial charge in [-0.2, -0.15) is 5.11 Å². The molecule has 1 heterocycles. The summed E-state index contributed by atoms with van der Waals surface area (Å²) in [4.78, 5) is 26.0. The van der Waals surface area contributed by atoms with Gasteiger partial charge in [0.25, 0.3) is 0 Å². The van der Waals surface area contributed by atoms with Gasteiger partial charge in [-0.25, -0.2) is 14.7 Å². The first kappa shape index (κ1) is 20.5. The molecule has 156 valence electrons. The third-order valence-corrected chi connectivity index (χ3v) is 6.29. The first-order valence-corrected chi connectivity index (χ1v) is 10.5. The Bertz CT molecular complexity index is 1040. The second-order valence-corrected chi connectivity index (χ2v) is 8.45. The molecule has 2 fully saturated rings. The fraction of sp³-hybridized carbons (Fsp3) is 0.333. The van der Waals surface area contributed by atoms with Crippen LogP contribution in [0.25, 0.3) is 11.1 Å². The number of benzene rings is 2. The number of likely N-dealkylation sites (N-methyl/N-ethyl adjacent to an activating group) is 1. The molecule has 2 aromatic rings. The molecule has 7 nitrogen and oxygen atoms in total. The van der Waals surface area contributed by atoms with E-state index in [0.717, 1.165) is 22.7 Å². The highest BCUT2D eigenvalue weighted by atomic mass is 79.9. The first-order valence-electron chi connectivity index (χ1n) is 9.67. The number of imide groups is 1. The summed E-state index contributed by atoms with van der Waals surface area (Å²) in [5, 5.41) is 6.98. The Balaban J connectivity index is 1.57. The minimum absolute atomic E-state index is 0.0273. The molecule has 1 saturated heterocycles. The zero-order chi connectivity index (χ0) is 21.4. The number of halogens is 2. The average Bonchev–Trinajstić information content (AvgIpc) is 3.52. The number of hydrogen-bond acceptors (Lipinski definition) is 5. The molecule has 0 radical (unpaired) electrons. The van der Waals surface area contributed by atoms with Crippen LogP contribution >= 0.6 is 15.9 Å². The monoisotopic (exact) mass is 473 g/mol. The molecule has 0 atom stereocenters. The Morgan fingerprint density at radius 2 is 2.03 bits per heavy atom. The van der Waals surface area contributed by atoms with Crippen molar-refractivity contribution in [2.45, 2.75) is 19.4 Å². The average molecular weight is 474 g/mol. The van der Waals surface area contributed by atoms with Gasteiger partial charge in [0.15, 0.2) is 0 Å². The van der Waals surface area contributed by atoms with E-state index >= 15 is 0 Å². The van der Waals surface area contributed by atoms with Crippen LogP contribution in [0.1, 0.15) is 18.4 Å². The molecule has 2 N–H and O–H groups in total. The van der Waals surface area contributed by atoms with Crippen molar-refractivity contribution < 1.29 is 14.0 Å². The lowest BCUT2D eigenvalue weighted by Gasteiger charge is -2.16. The number of carbonyl (C=O) groups is 2. The summed E-state index contributed by atoms with van der Waals surface area (Å²) in [6.07, 6.45) is 2.44. The number of carbonyl (C=O) groups excluding carboxylic acids is 2. The van der Waals surface area contributed by atoms with Crippen LogP contribution in [0.4, 0.5) is 20.6 Å². The van der Waals surface area contributed by atoms with E-state index in [1.54, 1.807) is 12.1 Å². The van der Waals surface area contributed by atoms with Gasteiger partial charge in [-0.15, -0.1) is 0 Å². The van der Waals surface area contributed by atoms with E-state index in [0.29, 0.717) is 27.2 Å². The maximum absolute atomic E-state index is 14.8. The van der Waals surface area contributed by atoms with Crippen LogP contribution in [0.2, 0.25) is 0 Å². The fourth-order valence-electron chi connectivity index (χ4n) is 3.44. The van der Waals surface area contributed by atoms with Gasteiger partial charge in [0.2, 0.25) is 5.91 Å². The standard InChI is InChI=1S/C21H21BrFN5O2/c1-27-18(29)11-28(21(27)30)10-14-5-4-13(8-16(14)23)15-6-7-17(20(26-24)19(15)22)25-9-12-2-3-12/h4-8,12,24-25H,2-3,9-11H2,1H3. The van der Waals surface area contributed by atoms with Crippen molar-refractivity contribution in [3.05, 3.63) is 46.2 Å². The van der Waals surface area contributed by atoms with Crippen molar-refractivity contribution >= 4 is 39.2 Å². The van der Waals surface area contributed by atoms with Gasteiger partial charge in [-0.3, -0.25) is 9.69 Å². The second-order valence-electron chi connectivity index (χ2n) is 7.66. The molecule has 0 unspecified atom stereocenters. The molecule has 0 bridgehead atoms. The minimum atomic E-state index is -0.463. The van der Waals surface area contributed by atoms with Crippen molar-refractivity contribution in [2.75, 3.05) is 25.5 Å². The molecule has 2 aliphatic rings. The molecule has 2 aromatic carbocycles. The quantitative estimate of drug-likeness (QED) is 0.431. The normalized spacial score (nSPS) is 16.4. The predicted molar refractivity (Wildman–Crippen MR) is 114 cm³/mol. The second kappa shape index (κ2) is 8.14. The third kappa shape index (κ3) is 3.94. The molecule has 1 aliphatic heterocycles. The Labute approximate surface area is 181 Å². The predicted octanol–water partition coefficient (Wildman–Crippen LogP) is 5.13. The summed E-state index contributed by atoms with van der Waals surface area (Å²) in [6.45, 7) is 0.829. The summed E-state index contributed by atoms with van der Waals surface area (Å²) < 4.78 is 15.4. The Morgan fingerprint density at radius 3 is 2.63 bits per heavy atom. The number of hydrogen-bond donors (Lipinski definition) is 2. The molecule has 1 aliphatic carbocycles. The zero-order valence-corrected chi connectivity index (χ0v) is 18.0. The van der Waals surface area contributed by atoms with E-state index in [4.69, 9.17) is 5.53 Å². The van der Waals surface area contributed by atoms with E-state index in [2.05, 4.69) is 26.4 Å². The van der Waals surface area contributed by atoms with Gasteiger partial charge in [0.1, 0.15) is 18.0 Å². The van der Waals surface area contributed by atoms with Crippen LogP contribution in [0, 0.1) is 17.3 Å².